The van der Waals surface area contributed by atoms with E-state index in [9.17, 15) is 9.18 Å². The van der Waals surface area contributed by atoms with Crippen molar-refractivity contribution in [2.24, 2.45) is 4.99 Å². The molecule has 0 bridgehead atoms. The van der Waals surface area contributed by atoms with Crippen LogP contribution in [0.15, 0.2) is 71.7 Å². The second kappa shape index (κ2) is 8.94. The lowest BCUT2D eigenvalue weighted by Crippen LogP contribution is -2.38. The van der Waals surface area contributed by atoms with Gasteiger partial charge in [0.15, 0.2) is 5.75 Å². The number of rotatable bonds is 2. The predicted octanol–water partition coefficient (Wildman–Crippen LogP) is 4.87. The molecule has 7 heteroatoms. The van der Waals surface area contributed by atoms with Gasteiger partial charge in [-0.15, -0.1) is 0 Å². The first-order chi connectivity index (χ1) is 16.1. The van der Waals surface area contributed by atoms with Crippen LogP contribution < -0.4 is 9.47 Å². The van der Waals surface area contributed by atoms with Gasteiger partial charge in [0.05, 0.1) is 18.2 Å². The third-order valence-corrected chi connectivity index (χ3v) is 5.93. The quantitative estimate of drug-likeness (QED) is 0.565. The van der Waals surface area contributed by atoms with E-state index in [1.54, 1.807) is 24.1 Å². The highest BCUT2D eigenvalue weighted by molar-refractivity contribution is 6.04. The van der Waals surface area contributed by atoms with Crippen LogP contribution in [-0.2, 0) is 0 Å². The van der Waals surface area contributed by atoms with Gasteiger partial charge in [-0.3, -0.25) is 4.79 Å². The molecule has 0 spiro atoms. The molecule has 0 N–H and O–H groups in total. The molecule has 2 heterocycles. The van der Waals surface area contributed by atoms with Crippen molar-refractivity contribution in [2.45, 2.75) is 6.42 Å². The topological polar surface area (TPSA) is 54.4 Å². The van der Waals surface area contributed by atoms with Crippen molar-refractivity contribution >= 4 is 17.4 Å². The Kier molecular flexibility index (Phi) is 5.69. The molecule has 1 fully saturated rings. The molecule has 2 aliphatic heterocycles. The molecule has 0 aromatic heterocycles. The largest absolute Gasteiger partial charge is 0.497 e. The summed E-state index contributed by atoms with van der Waals surface area (Å²) in [6, 6.07) is 19.5. The van der Waals surface area contributed by atoms with E-state index in [0.29, 0.717) is 43.4 Å². The first-order valence-corrected chi connectivity index (χ1v) is 11.0. The highest BCUT2D eigenvalue weighted by Crippen LogP contribution is 2.39. The molecule has 0 radical (unpaired) electrons. The Balaban J connectivity index is 1.46. The van der Waals surface area contributed by atoms with Gasteiger partial charge in [-0.2, -0.15) is 0 Å². The third-order valence-electron chi connectivity index (χ3n) is 5.93. The fourth-order valence-corrected chi connectivity index (χ4v) is 4.21. The van der Waals surface area contributed by atoms with Gasteiger partial charge in [-0.1, -0.05) is 24.3 Å². The zero-order valence-electron chi connectivity index (χ0n) is 18.3. The number of halogens is 1. The second-order valence-electron chi connectivity index (χ2n) is 7.98. The molecule has 1 amide bonds. The minimum atomic E-state index is -0.494. The molecule has 3 aromatic rings. The number of hydrogen-bond donors (Lipinski definition) is 0. The standard InChI is InChI=1S/C26H24FN3O3/c1-32-18-11-12-23-20(17-18)25(28-22-9-4-5-10-24(22)33-23)29-13-6-14-30(16-15-29)26(31)19-7-2-3-8-21(19)27/h2-5,7-12,17H,6,13-16H2,1H3. The Hall–Kier alpha value is -3.87. The number of para-hydroxylation sites is 2. The number of hydrogen-bond acceptors (Lipinski definition) is 5. The predicted molar refractivity (Wildman–Crippen MR) is 124 cm³/mol. The van der Waals surface area contributed by atoms with Crippen LogP contribution in [0.4, 0.5) is 10.1 Å². The number of carbonyl (C=O) groups excluding carboxylic acids is 1. The van der Waals surface area contributed by atoms with Crippen molar-refractivity contribution in [1.82, 2.24) is 9.80 Å². The van der Waals surface area contributed by atoms with Crippen LogP contribution in [0.3, 0.4) is 0 Å². The van der Waals surface area contributed by atoms with Crippen LogP contribution in [-0.4, -0.2) is 54.8 Å². The summed E-state index contributed by atoms with van der Waals surface area (Å²) in [6.07, 6.45) is 0.737. The van der Waals surface area contributed by atoms with Crippen LogP contribution in [0.25, 0.3) is 0 Å². The molecule has 0 saturated carbocycles. The molecule has 3 aromatic carbocycles. The van der Waals surface area contributed by atoms with Crippen LogP contribution in [0.2, 0.25) is 0 Å². The van der Waals surface area contributed by atoms with Crippen molar-refractivity contribution in [3.63, 3.8) is 0 Å². The lowest BCUT2D eigenvalue weighted by atomic mass is 10.1. The van der Waals surface area contributed by atoms with Crippen molar-refractivity contribution < 1.29 is 18.7 Å². The van der Waals surface area contributed by atoms with Gasteiger partial charge in [-0.05, 0) is 48.9 Å². The van der Waals surface area contributed by atoms with Gasteiger partial charge in [0.1, 0.15) is 28.8 Å². The Morgan fingerprint density at radius 1 is 0.970 bits per heavy atom. The number of fused-ring (bicyclic) bond motifs is 2. The number of nitrogens with zero attached hydrogens (tertiary/aromatic N) is 3. The summed E-state index contributed by atoms with van der Waals surface area (Å²) in [4.78, 5) is 21.8. The van der Waals surface area contributed by atoms with E-state index in [1.807, 2.05) is 42.5 Å². The Morgan fingerprint density at radius 2 is 1.79 bits per heavy atom. The van der Waals surface area contributed by atoms with Gasteiger partial charge in [0.25, 0.3) is 5.91 Å². The van der Waals surface area contributed by atoms with E-state index in [-0.39, 0.29) is 11.5 Å². The summed E-state index contributed by atoms with van der Waals surface area (Å²) >= 11 is 0. The molecule has 2 aliphatic rings. The molecule has 6 nitrogen and oxygen atoms in total. The molecule has 33 heavy (non-hydrogen) atoms. The van der Waals surface area contributed by atoms with Crippen LogP contribution in [0, 0.1) is 5.82 Å². The molecule has 0 aliphatic carbocycles. The van der Waals surface area contributed by atoms with Crippen molar-refractivity contribution in [2.75, 3.05) is 33.3 Å². The first kappa shape index (κ1) is 21.0. The molecular formula is C26H24FN3O3. The summed E-state index contributed by atoms with van der Waals surface area (Å²) in [5.41, 5.74) is 1.68. The van der Waals surface area contributed by atoms with Gasteiger partial charge in [-0.25, -0.2) is 9.38 Å². The maximum Gasteiger partial charge on any atom is 0.256 e. The Morgan fingerprint density at radius 3 is 2.64 bits per heavy atom. The van der Waals surface area contributed by atoms with E-state index in [0.717, 1.165) is 23.5 Å². The van der Waals surface area contributed by atoms with Crippen LogP contribution in [0.1, 0.15) is 22.3 Å². The minimum absolute atomic E-state index is 0.107. The zero-order valence-corrected chi connectivity index (χ0v) is 18.3. The van der Waals surface area contributed by atoms with Crippen molar-refractivity contribution in [1.29, 1.82) is 0 Å². The lowest BCUT2D eigenvalue weighted by Gasteiger charge is -2.25. The van der Waals surface area contributed by atoms with E-state index in [2.05, 4.69) is 4.90 Å². The molecule has 0 atom stereocenters. The fourth-order valence-electron chi connectivity index (χ4n) is 4.21. The van der Waals surface area contributed by atoms with Gasteiger partial charge in [0.2, 0.25) is 0 Å². The van der Waals surface area contributed by atoms with Gasteiger partial charge in [0, 0.05) is 26.2 Å². The van der Waals surface area contributed by atoms with E-state index in [4.69, 9.17) is 14.5 Å². The highest BCUT2D eigenvalue weighted by Gasteiger charge is 2.27. The fraction of sp³-hybridized carbons (Fsp3) is 0.231. The van der Waals surface area contributed by atoms with E-state index >= 15 is 0 Å². The van der Waals surface area contributed by atoms with Crippen molar-refractivity contribution in [3.8, 4) is 17.2 Å². The van der Waals surface area contributed by atoms with Gasteiger partial charge >= 0.3 is 0 Å². The lowest BCUT2D eigenvalue weighted by molar-refractivity contribution is 0.0759. The number of methoxy groups -OCH3 is 1. The highest BCUT2D eigenvalue weighted by atomic mass is 19.1. The third kappa shape index (κ3) is 4.14. The Bertz CT molecular complexity index is 1230. The van der Waals surface area contributed by atoms with E-state index in [1.165, 1.54) is 12.1 Å². The average molecular weight is 445 g/mol. The summed E-state index contributed by atoms with van der Waals surface area (Å²) in [7, 11) is 1.63. The molecule has 5 rings (SSSR count). The summed E-state index contributed by atoms with van der Waals surface area (Å²) in [5, 5.41) is 0. The zero-order chi connectivity index (χ0) is 22.8. The average Bonchev–Trinajstić information content (AvgIpc) is 3.18. The van der Waals surface area contributed by atoms with Crippen molar-refractivity contribution in [3.05, 3.63) is 83.7 Å². The maximum absolute atomic E-state index is 14.2. The first-order valence-electron chi connectivity index (χ1n) is 11.0. The number of amidine groups is 1. The molecular weight excluding hydrogens is 421 g/mol. The number of benzene rings is 3. The number of amides is 1. The monoisotopic (exact) mass is 445 g/mol. The smallest absolute Gasteiger partial charge is 0.256 e. The second-order valence-corrected chi connectivity index (χ2v) is 7.98. The van der Waals surface area contributed by atoms with Gasteiger partial charge < -0.3 is 19.3 Å². The Labute approximate surface area is 191 Å². The number of ether oxygens (including phenoxy) is 2. The summed E-state index contributed by atoms with van der Waals surface area (Å²) < 4.78 is 25.8. The molecule has 1 saturated heterocycles. The normalized spacial score (nSPS) is 15.4. The number of aliphatic imine (C=N–C) groups is 1. The molecule has 168 valence electrons. The van der Waals surface area contributed by atoms with E-state index < -0.39 is 5.82 Å². The van der Waals surface area contributed by atoms with Crippen LogP contribution in [0.5, 0.6) is 17.2 Å². The summed E-state index contributed by atoms with van der Waals surface area (Å²) in [6.45, 7) is 2.29. The van der Waals surface area contributed by atoms with Crippen LogP contribution >= 0.6 is 0 Å². The summed E-state index contributed by atoms with van der Waals surface area (Å²) in [5.74, 6) is 2.09. The minimum Gasteiger partial charge on any atom is -0.497 e. The SMILES string of the molecule is COc1ccc2c(c1)C(N1CCCN(C(=O)c3ccccc3F)CC1)=Nc1ccccc1O2. The number of carbonyl (C=O) groups is 1. The maximum atomic E-state index is 14.2. The molecule has 0 unspecified atom stereocenters.